The Morgan fingerprint density at radius 3 is 1.60 bits per heavy atom. The summed E-state index contributed by atoms with van der Waals surface area (Å²) in [7, 11) is 3.95. The Hall–Kier alpha value is -6.58. The third-order valence-electron chi connectivity index (χ3n) is 13.4. The van der Waals surface area contributed by atoms with Crippen molar-refractivity contribution in [2.45, 2.75) is 19.0 Å². The number of nitrogens with zero attached hydrogens (tertiary/aromatic N) is 7. The molecule has 1 aliphatic rings. The Labute approximate surface area is 545 Å². The van der Waals surface area contributed by atoms with Gasteiger partial charge in [-0.15, -0.1) is 0 Å². The van der Waals surface area contributed by atoms with Gasteiger partial charge in [-0.25, -0.2) is 0 Å². The number of aliphatic hydroxyl groups is 1. The number of halogens is 4. The summed E-state index contributed by atoms with van der Waals surface area (Å²) in [5.74, 6) is -2.31. The van der Waals surface area contributed by atoms with Crippen molar-refractivity contribution in [3.05, 3.63) is 70.5 Å². The third-order valence-corrected chi connectivity index (χ3v) is 13.7. The number of nitriles is 1. The quantitative estimate of drug-likeness (QED) is 0.0401. The Bertz CT molecular complexity index is 2640. The molecule has 0 spiro atoms. The number of ether oxygens (including phenoxy) is 10. The number of carboxylic acid groups (broad SMARTS) is 2. The van der Waals surface area contributed by atoms with Gasteiger partial charge in [0, 0.05) is 116 Å². The molecule has 1 saturated heterocycles. The SMILES string of the molecule is C=O.CO.COc1ccccc1N(C)C(=O)c1cc(-c2cnc(C(F)(F)F)cc2C#N)c(Cl)cc1OCCCC(=O)NCCOCCOCCOCCOCCOCCOCCOCCOCCNCN1CCN(CC=O)CCN(CC(=O)O)CCN(CC(=O)O)CC1. The van der Waals surface area contributed by atoms with Gasteiger partial charge < -0.3 is 87.8 Å². The Morgan fingerprint density at radius 2 is 1.14 bits per heavy atom. The van der Waals surface area contributed by atoms with Crippen LogP contribution in [0.4, 0.5) is 18.9 Å². The molecule has 0 aliphatic carbocycles. The molecule has 0 bridgehead atoms. The number of nitrogens with one attached hydrogen (secondary N) is 2. The van der Waals surface area contributed by atoms with Gasteiger partial charge in [0.1, 0.15) is 30.3 Å². The lowest BCUT2D eigenvalue weighted by Gasteiger charge is -2.33. The average molecular weight is 1350 g/mol. The highest BCUT2D eigenvalue weighted by Gasteiger charge is 2.34. The summed E-state index contributed by atoms with van der Waals surface area (Å²) in [6.45, 7) is 13.6. The van der Waals surface area contributed by atoms with E-state index in [1.54, 1.807) is 35.2 Å². The van der Waals surface area contributed by atoms with Gasteiger partial charge in [-0.2, -0.15) is 18.4 Å². The van der Waals surface area contributed by atoms with Gasteiger partial charge in [-0.05, 0) is 30.7 Å². The molecule has 0 atom stereocenters. The molecule has 32 heteroatoms. The minimum atomic E-state index is -4.80. The molecular weight excluding hydrogens is 1260 g/mol. The van der Waals surface area contributed by atoms with Gasteiger partial charge in [0.25, 0.3) is 5.91 Å². The van der Waals surface area contributed by atoms with Crippen molar-refractivity contribution >= 4 is 54.1 Å². The average Bonchev–Trinajstić information content (AvgIpc) is 0.791. The number of para-hydroxylation sites is 2. The van der Waals surface area contributed by atoms with Crippen LogP contribution < -0.4 is 25.0 Å². The molecule has 2 amide bonds. The number of benzene rings is 2. The largest absolute Gasteiger partial charge is 0.495 e. The molecule has 0 radical (unpaired) electrons. The number of methoxy groups -OCH3 is 1. The van der Waals surface area contributed by atoms with E-state index in [1.807, 2.05) is 16.6 Å². The Morgan fingerprint density at radius 1 is 0.677 bits per heavy atom. The maximum Gasteiger partial charge on any atom is 0.433 e. The van der Waals surface area contributed by atoms with Crippen LogP contribution in [0.25, 0.3) is 11.1 Å². The second-order valence-corrected chi connectivity index (χ2v) is 20.3. The van der Waals surface area contributed by atoms with E-state index in [2.05, 4.69) is 20.5 Å². The van der Waals surface area contributed by atoms with Crippen LogP contribution in [0.15, 0.2) is 48.7 Å². The summed E-state index contributed by atoms with van der Waals surface area (Å²) >= 11 is 6.62. The molecule has 28 nitrogen and oxygen atoms in total. The van der Waals surface area contributed by atoms with E-state index in [4.69, 9.17) is 68.9 Å². The molecule has 0 unspecified atom stereocenters. The van der Waals surface area contributed by atoms with E-state index >= 15 is 0 Å². The Kier molecular flexibility index (Phi) is 45.1. The molecule has 5 N–H and O–H groups in total. The lowest BCUT2D eigenvalue weighted by Crippen LogP contribution is -2.49. The number of rotatable bonds is 44. The van der Waals surface area contributed by atoms with E-state index in [0.29, 0.717) is 182 Å². The number of hydrogen-bond acceptors (Lipinski definition) is 24. The molecule has 93 heavy (non-hydrogen) atoms. The number of hydrogen-bond donors (Lipinski definition) is 5. The molecule has 3 aromatic rings. The number of aldehydes is 1. The van der Waals surface area contributed by atoms with Gasteiger partial charge in [-0.3, -0.25) is 43.8 Å². The van der Waals surface area contributed by atoms with Crippen LogP contribution in [0.2, 0.25) is 5.02 Å². The van der Waals surface area contributed by atoms with Gasteiger partial charge in [0.2, 0.25) is 5.91 Å². The first kappa shape index (κ1) is 82.5. The molecule has 1 aromatic heterocycles. The summed E-state index contributed by atoms with van der Waals surface area (Å²) in [6, 6.07) is 11.8. The van der Waals surface area contributed by atoms with Crippen molar-refractivity contribution in [3.63, 3.8) is 0 Å². The number of alkyl halides is 3. The maximum absolute atomic E-state index is 14.1. The van der Waals surface area contributed by atoms with E-state index in [9.17, 15) is 52.6 Å². The minimum Gasteiger partial charge on any atom is -0.495 e. The van der Waals surface area contributed by atoms with Gasteiger partial charge in [0.05, 0.1) is 167 Å². The Balaban J connectivity index is 0.00000721. The zero-order valence-corrected chi connectivity index (χ0v) is 54.0. The third kappa shape index (κ3) is 35.5. The van der Waals surface area contributed by atoms with Crippen LogP contribution in [0, 0.1) is 11.3 Å². The van der Waals surface area contributed by atoms with Crippen molar-refractivity contribution < 1.29 is 105 Å². The number of aliphatic hydroxyl groups excluding tert-OH is 1. The van der Waals surface area contributed by atoms with Crippen LogP contribution in [-0.2, 0) is 68.0 Å². The number of carboxylic acids is 2. The van der Waals surface area contributed by atoms with Crippen molar-refractivity contribution in [2.75, 3.05) is 230 Å². The monoisotopic (exact) mass is 1350 g/mol. The molecule has 2 aromatic carbocycles. The number of aliphatic carboxylic acids is 2. The van der Waals surface area contributed by atoms with Crippen LogP contribution in [0.1, 0.15) is 34.5 Å². The predicted octanol–water partition coefficient (Wildman–Crippen LogP) is 2.55. The molecule has 2 heterocycles. The molecule has 0 saturated carbocycles. The zero-order chi connectivity index (χ0) is 68.5. The normalized spacial score (nSPS) is 13.6. The summed E-state index contributed by atoms with van der Waals surface area (Å²) in [6.07, 6.45) is -2.74. The summed E-state index contributed by atoms with van der Waals surface area (Å²) in [5, 5.41) is 41.6. The minimum absolute atomic E-state index is 0.00680. The lowest BCUT2D eigenvalue weighted by molar-refractivity contribution is -0.141. The standard InChI is InChI=1S/C59H85ClF3N9O17.CH4O.CH2O/c1-68(51-6-3-4-7-52(51)80-2)58(79)48-39-47(49-42-67-54(59(61,62)63)38-46(49)41-64)50(60)40-53(48)89-21-5-8-55(74)66-10-23-82-25-27-84-29-31-86-33-35-88-37-36-87-34-32-85-30-28-83-26-24-81-22-9-65-45-72-17-12-69(19-20-73)11-13-70(43-56(75)76)14-15-71(16-18-72)44-57(77)78;2*1-2/h3-4,6-7,20,38-40,42,65H,5,8-19,21-37,43-45H2,1-2H3,(H,66,74)(H,75,76)(H,77,78);2H,1H3;1H2. The predicted molar refractivity (Wildman–Crippen MR) is 335 cm³/mol. The molecule has 1 aliphatic heterocycles. The zero-order valence-electron chi connectivity index (χ0n) is 53.3. The highest BCUT2D eigenvalue weighted by Crippen LogP contribution is 2.39. The summed E-state index contributed by atoms with van der Waals surface area (Å²) in [4.78, 5) is 81.4. The van der Waals surface area contributed by atoms with Crippen LogP contribution in [0.5, 0.6) is 11.5 Å². The van der Waals surface area contributed by atoms with Gasteiger partial charge >= 0.3 is 18.1 Å². The van der Waals surface area contributed by atoms with Crippen molar-refractivity contribution in [3.8, 4) is 28.7 Å². The number of amides is 2. The van der Waals surface area contributed by atoms with Crippen LogP contribution in [-0.4, -0.2) is 302 Å². The molecule has 4 rings (SSSR count). The number of anilines is 1. The number of carbonyl (C=O) groups is 6. The number of aromatic nitrogens is 1. The highest BCUT2D eigenvalue weighted by atomic mass is 35.5. The first-order valence-electron chi connectivity index (χ1n) is 30.0. The highest BCUT2D eigenvalue weighted by molar-refractivity contribution is 6.34. The summed E-state index contributed by atoms with van der Waals surface area (Å²) < 4.78 is 96.2. The second-order valence-electron chi connectivity index (χ2n) is 19.9. The van der Waals surface area contributed by atoms with Crippen LogP contribution >= 0.6 is 11.6 Å². The van der Waals surface area contributed by atoms with Crippen molar-refractivity contribution in [2.24, 2.45) is 0 Å². The lowest BCUT2D eigenvalue weighted by atomic mass is 9.98. The second kappa shape index (κ2) is 50.8. The smallest absolute Gasteiger partial charge is 0.433 e. The molecular formula is C61H91ClF3N9O19. The van der Waals surface area contributed by atoms with E-state index in [0.717, 1.165) is 19.6 Å². The summed E-state index contributed by atoms with van der Waals surface area (Å²) in [5.41, 5.74) is -1.18. The van der Waals surface area contributed by atoms with Gasteiger partial charge in [0.15, 0.2) is 0 Å². The fourth-order valence-corrected chi connectivity index (χ4v) is 8.93. The van der Waals surface area contributed by atoms with Crippen LogP contribution in [0.3, 0.4) is 0 Å². The van der Waals surface area contributed by atoms with E-state index in [1.165, 1.54) is 31.2 Å². The first-order valence-corrected chi connectivity index (χ1v) is 30.4. The number of carbonyl (C=O) groups excluding carboxylic acids is 4. The van der Waals surface area contributed by atoms with Crippen molar-refractivity contribution in [1.29, 1.82) is 5.26 Å². The maximum atomic E-state index is 14.1. The molecule has 1 fully saturated rings. The molecule has 522 valence electrons. The van der Waals surface area contributed by atoms with E-state index < -0.39 is 29.7 Å². The van der Waals surface area contributed by atoms with E-state index in [-0.39, 0.29) is 91.2 Å². The van der Waals surface area contributed by atoms with Gasteiger partial charge in [-0.1, -0.05) is 23.7 Å². The van der Waals surface area contributed by atoms with Crippen molar-refractivity contribution in [1.82, 2.24) is 35.2 Å². The topological polar surface area (TPSA) is 332 Å². The fourth-order valence-electron chi connectivity index (χ4n) is 8.67. The number of pyridine rings is 1. The fraction of sp³-hybridized carbons (Fsp3) is 0.607. The first-order chi connectivity index (χ1) is 45.0.